The molecule has 0 aliphatic rings. The Balaban J connectivity index is 1.68. The normalized spacial score (nSPS) is 11.3. The molecule has 1 heterocycles. The minimum Gasteiger partial charge on any atom is -0.486 e. The van der Waals surface area contributed by atoms with Gasteiger partial charge in [0.05, 0.1) is 11.3 Å². The summed E-state index contributed by atoms with van der Waals surface area (Å²) in [6.45, 7) is 1.70. The number of nitrogens with zero attached hydrogens (tertiary/aromatic N) is 1. The van der Waals surface area contributed by atoms with Crippen molar-refractivity contribution in [3.05, 3.63) is 75.5 Å². The SMILES string of the molecule is Cc1nc(COc2ccc(F)cc2)sc1C(=O)Nc1cccc(C(F)(F)F)c1. The summed E-state index contributed by atoms with van der Waals surface area (Å²) in [6, 6.07) is 9.86. The molecule has 0 aliphatic heterocycles. The first-order valence-electron chi connectivity index (χ1n) is 8.05. The highest BCUT2D eigenvalue weighted by molar-refractivity contribution is 7.13. The Kier molecular flexibility index (Phi) is 5.64. The summed E-state index contributed by atoms with van der Waals surface area (Å²) in [7, 11) is 0. The number of amides is 1. The second-order valence-corrected chi connectivity index (χ2v) is 6.88. The summed E-state index contributed by atoms with van der Waals surface area (Å²) in [6.07, 6.45) is -4.49. The largest absolute Gasteiger partial charge is 0.486 e. The molecule has 1 aromatic heterocycles. The van der Waals surface area contributed by atoms with E-state index in [9.17, 15) is 22.4 Å². The smallest absolute Gasteiger partial charge is 0.416 e. The van der Waals surface area contributed by atoms with Crippen molar-refractivity contribution >= 4 is 22.9 Å². The van der Waals surface area contributed by atoms with E-state index in [-0.39, 0.29) is 23.0 Å². The van der Waals surface area contributed by atoms with Crippen molar-refractivity contribution < 1.29 is 27.1 Å². The van der Waals surface area contributed by atoms with E-state index in [1.807, 2.05) is 0 Å². The molecule has 1 N–H and O–H groups in total. The van der Waals surface area contributed by atoms with Gasteiger partial charge in [-0.15, -0.1) is 11.3 Å². The van der Waals surface area contributed by atoms with E-state index in [1.165, 1.54) is 36.4 Å². The first kappa shape index (κ1) is 19.8. The van der Waals surface area contributed by atoms with Crippen LogP contribution in [0.2, 0.25) is 0 Å². The first-order chi connectivity index (χ1) is 13.2. The number of ether oxygens (including phenoxy) is 1. The molecule has 0 atom stereocenters. The molecule has 0 spiro atoms. The van der Waals surface area contributed by atoms with Crippen LogP contribution in [0.25, 0.3) is 0 Å². The lowest BCUT2D eigenvalue weighted by atomic mass is 10.2. The number of aromatic nitrogens is 1. The maximum atomic E-state index is 12.9. The number of halogens is 4. The van der Waals surface area contributed by atoms with Crippen molar-refractivity contribution in [3.63, 3.8) is 0 Å². The minimum absolute atomic E-state index is 0.0386. The van der Waals surface area contributed by atoms with Crippen molar-refractivity contribution in [2.75, 3.05) is 5.32 Å². The van der Waals surface area contributed by atoms with Crippen LogP contribution in [0.15, 0.2) is 48.5 Å². The average Bonchev–Trinajstić information content (AvgIpc) is 3.02. The van der Waals surface area contributed by atoms with Crippen LogP contribution < -0.4 is 10.1 Å². The van der Waals surface area contributed by atoms with Gasteiger partial charge < -0.3 is 10.1 Å². The van der Waals surface area contributed by atoms with Crippen molar-refractivity contribution in [1.29, 1.82) is 0 Å². The Morgan fingerprint density at radius 1 is 1.18 bits per heavy atom. The average molecular weight is 410 g/mol. The maximum Gasteiger partial charge on any atom is 0.416 e. The summed E-state index contributed by atoms with van der Waals surface area (Å²) < 4.78 is 56.7. The Labute approximate surface area is 161 Å². The highest BCUT2D eigenvalue weighted by Crippen LogP contribution is 2.31. The second kappa shape index (κ2) is 7.97. The van der Waals surface area contributed by atoms with Crippen LogP contribution in [-0.2, 0) is 12.8 Å². The standard InChI is InChI=1S/C19H14F4N2O2S/c1-11-17(18(26)25-14-4-2-3-12(9-14)19(21,22)23)28-16(24-11)10-27-15-7-5-13(20)6-8-15/h2-9H,10H2,1H3,(H,25,26). The van der Waals surface area contributed by atoms with Crippen molar-refractivity contribution in [2.24, 2.45) is 0 Å². The van der Waals surface area contributed by atoms with Gasteiger partial charge in [0.15, 0.2) is 0 Å². The molecule has 0 saturated carbocycles. The zero-order valence-electron chi connectivity index (χ0n) is 14.5. The molecule has 9 heteroatoms. The Morgan fingerprint density at radius 2 is 1.89 bits per heavy atom. The van der Waals surface area contributed by atoms with E-state index < -0.39 is 17.6 Å². The minimum atomic E-state index is -4.49. The number of anilines is 1. The molecule has 1 amide bonds. The number of hydrogen-bond acceptors (Lipinski definition) is 4. The third kappa shape index (κ3) is 4.86. The third-order valence-corrected chi connectivity index (χ3v) is 4.80. The Bertz CT molecular complexity index is 984. The van der Waals surface area contributed by atoms with Gasteiger partial charge in [-0.3, -0.25) is 4.79 Å². The lowest BCUT2D eigenvalue weighted by Gasteiger charge is -2.09. The van der Waals surface area contributed by atoms with Crippen LogP contribution in [0.4, 0.5) is 23.2 Å². The van der Waals surface area contributed by atoms with Crippen molar-refractivity contribution in [2.45, 2.75) is 19.7 Å². The van der Waals surface area contributed by atoms with E-state index in [1.54, 1.807) is 6.92 Å². The molecule has 28 heavy (non-hydrogen) atoms. The number of rotatable bonds is 5. The van der Waals surface area contributed by atoms with Gasteiger partial charge in [0.2, 0.25) is 0 Å². The molecule has 146 valence electrons. The van der Waals surface area contributed by atoms with E-state index in [0.717, 1.165) is 23.5 Å². The predicted molar refractivity (Wildman–Crippen MR) is 97.0 cm³/mol. The van der Waals surface area contributed by atoms with Gasteiger partial charge in [0, 0.05) is 5.69 Å². The number of nitrogens with one attached hydrogen (secondary N) is 1. The maximum absolute atomic E-state index is 12.9. The molecule has 4 nitrogen and oxygen atoms in total. The van der Waals surface area contributed by atoms with Crippen LogP contribution >= 0.6 is 11.3 Å². The summed E-state index contributed by atoms with van der Waals surface area (Å²) in [5.74, 6) is -0.488. The summed E-state index contributed by atoms with van der Waals surface area (Å²) >= 11 is 1.07. The third-order valence-electron chi connectivity index (χ3n) is 3.67. The number of carbonyl (C=O) groups excluding carboxylic acids is 1. The Hall–Kier alpha value is -2.94. The quantitative estimate of drug-likeness (QED) is 0.570. The highest BCUT2D eigenvalue weighted by atomic mass is 32.1. The van der Waals surface area contributed by atoms with Crippen LogP contribution in [-0.4, -0.2) is 10.9 Å². The summed E-state index contributed by atoms with van der Waals surface area (Å²) in [4.78, 5) is 16.9. The van der Waals surface area contributed by atoms with E-state index in [0.29, 0.717) is 16.5 Å². The lowest BCUT2D eigenvalue weighted by Crippen LogP contribution is -2.13. The van der Waals surface area contributed by atoms with E-state index in [2.05, 4.69) is 10.3 Å². The number of hydrogen-bond donors (Lipinski definition) is 1. The number of carbonyl (C=O) groups is 1. The van der Waals surface area contributed by atoms with Gasteiger partial charge in [-0.2, -0.15) is 13.2 Å². The molecule has 0 radical (unpaired) electrons. The number of aryl methyl sites for hydroxylation is 1. The van der Waals surface area contributed by atoms with Gasteiger partial charge >= 0.3 is 6.18 Å². The first-order valence-corrected chi connectivity index (χ1v) is 8.87. The van der Waals surface area contributed by atoms with Crippen LogP contribution in [0.3, 0.4) is 0 Å². The lowest BCUT2D eigenvalue weighted by molar-refractivity contribution is -0.137. The fourth-order valence-electron chi connectivity index (χ4n) is 2.36. The zero-order chi connectivity index (χ0) is 20.3. The second-order valence-electron chi connectivity index (χ2n) is 5.80. The molecule has 0 aliphatic carbocycles. The van der Waals surface area contributed by atoms with Crippen LogP contribution in [0.1, 0.15) is 25.9 Å². The van der Waals surface area contributed by atoms with Gasteiger partial charge in [-0.05, 0) is 49.4 Å². The highest BCUT2D eigenvalue weighted by Gasteiger charge is 2.30. The van der Waals surface area contributed by atoms with Gasteiger partial charge in [0.1, 0.15) is 28.1 Å². The summed E-state index contributed by atoms with van der Waals surface area (Å²) in [5, 5.41) is 2.96. The van der Waals surface area contributed by atoms with E-state index >= 15 is 0 Å². The molecule has 0 saturated heterocycles. The van der Waals surface area contributed by atoms with Gasteiger partial charge in [-0.25, -0.2) is 9.37 Å². The summed E-state index contributed by atoms with van der Waals surface area (Å²) in [5.41, 5.74) is -0.372. The zero-order valence-corrected chi connectivity index (χ0v) is 15.3. The molecular weight excluding hydrogens is 396 g/mol. The molecule has 2 aromatic carbocycles. The number of benzene rings is 2. The van der Waals surface area contributed by atoms with Crippen LogP contribution in [0.5, 0.6) is 5.75 Å². The van der Waals surface area contributed by atoms with E-state index in [4.69, 9.17) is 4.74 Å². The van der Waals surface area contributed by atoms with Crippen molar-refractivity contribution in [1.82, 2.24) is 4.98 Å². The monoisotopic (exact) mass is 410 g/mol. The molecule has 3 rings (SSSR count). The van der Waals surface area contributed by atoms with Gasteiger partial charge in [-0.1, -0.05) is 6.07 Å². The molecule has 0 bridgehead atoms. The Morgan fingerprint density at radius 3 is 2.57 bits per heavy atom. The fraction of sp³-hybridized carbons (Fsp3) is 0.158. The number of alkyl halides is 3. The molecule has 0 fully saturated rings. The molecular formula is C19H14F4N2O2S. The topological polar surface area (TPSA) is 51.2 Å². The van der Waals surface area contributed by atoms with Gasteiger partial charge in [0.25, 0.3) is 5.91 Å². The molecule has 3 aromatic rings. The molecule has 0 unspecified atom stereocenters. The van der Waals surface area contributed by atoms with Crippen LogP contribution in [0, 0.1) is 12.7 Å². The predicted octanol–water partition coefficient (Wildman–Crippen LogP) is 5.44. The fourth-order valence-corrected chi connectivity index (χ4v) is 3.23. The van der Waals surface area contributed by atoms with Crippen molar-refractivity contribution in [3.8, 4) is 5.75 Å². The number of thiazole rings is 1.